The molecule has 2 heterocycles. The van der Waals surface area contributed by atoms with Gasteiger partial charge in [-0.2, -0.15) is 0 Å². The number of hydrogen-bond acceptors (Lipinski definition) is 3. The molecule has 0 bridgehead atoms. The van der Waals surface area contributed by atoms with Crippen LogP contribution >= 0.6 is 11.8 Å². The molecule has 3 nitrogen and oxygen atoms in total. The first-order valence-electron chi connectivity index (χ1n) is 3.79. The number of aliphatic hydroxyl groups is 1. The van der Waals surface area contributed by atoms with Crippen molar-refractivity contribution in [2.24, 2.45) is 0 Å². The molecule has 64 valence electrons. The summed E-state index contributed by atoms with van der Waals surface area (Å²) in [5, 5.41) is 9.07. The Morgan fingerprint density at radius 2 is 2.58 bits per heavy atom. The molecular weight excluding hydrogens is 174 g/mol. The van der Waals surface area contributed by atoms with Crippen molar-refractivity contribution in [3.8, 4) is 0 Å². The molecule has 0 amide bonds. The molecule has 1 atom stereocenters. The molecule has 1 aliphatic heterocycles. The van der Waals surface area contributed by atoms with Gasteiger partial charge in [-0.3, -0.25) is 4.79 Å². The minimum absolute atomic E-state index is 0.0176. The van der Waals surface area contributed by atoms with Crippen LogP contribution in [0.4, 0.5) is 0 Å². The van der Waals surface area contributed by atoms with E-state index in [4.69, 9.17) is 5.11 Å². The highest BCUT2D eigenvalue weighted by atomic mass is 32.2. The Morgan fingerprint density at radius 1 is 1.75 bits per heavy atom. The SMILES string of the molecule is O=c1[nH]ccc2c1CC(CO)S2. The normalized spacial score (nSPS) is 20.9. The van der Waals surface area contributed by atoms with E-state index in [9.17, 15) is 4.79 Å². The number of aromatic amines is 1. The Bertz CT molecular complexity index is 347. The van der Waals surface area contributed by atoms with Crippen LogP contribution in [0, 0.1) is 0 Å². The molecule has 0 spiro atoms. The van der Waals surface area contributed by atoms with Crippen LogP contribution in [0.3, 0.4) is 0 Å². The van der Waals surface area contributed by atoms with E-state index in [1.165, 1.54) is 0 Å². The number of H-pyrrole nitrogens is 1. The quantitative estimate of drug-likeness (QED) is 0.662. The van der Waals surface area contributed by atoms with E-state index in [2.05, 4.69) is 4.98 Å². The average molecular weight is 183 g/mol. The van der Waals surface area contributed by atoms with Gasteiger partial charge in [0.2, 0.25) is 0 Å². The third-order valence-electron chi connectivity index (χ3n) is 1.95. The summed E-state index contributed by atoms with van der Waals surface area (Å²) < 4.78 is 0. The predicted octanol–water partition coefficient (Wildman–Crippen LogP) is 0.384. The van der Waals surface area contributed by atoms with Crippen molar-refractivity contribution >= 4 is 11.8 Å². The fraction of sp³-hybridized carbons (Fsp3) is 0.375. The van der Waals surface area contributed by atoms with E-state index < -0.39 is 0 Å². The number of aliphatic hydroxyl groups excluding tert-OH is 1. The second-order valence-corrected chi connectivity index (χ2v) is 4.12. The van der Waals surface area contributed by atoms with Crippen LogP contribution in [-0.4, -0.2) is 21.9 Å². The molecule has 0 saturated carbocycles. The summed E-state index contributed by atoms with van der Waals surface area (Å²) in [5.41, 5.74) is 0.803. The standard InChI is InChI=1S/C8H9NO2S/c10-4-5-3-6-7(12-5)1-2-9-8(6)11/h1-2,5,10H,3-4H2,(H,9,11). The van der Waals surface area contributed by atoms with Crippen molar-refractivity contribution in [1.29, 1.82) is 0 Å². The maximum absolute atomic E-state index is 11.2. The molecule has 1 aliphatic rings. The Labute approximate surface area is 73.8 Å². The van der Waals surface area contributed by atoms with E-state index in [0.717, 1.165) is 10.5 Å². The zero-order chi connectivity index (χ0) is 8.55. The van der Waals surface area contributed by atoms with Gasteiger partial charge in [0.1, 0.15) is 0 Å². The van der Waals surface area contributed by atoms with Gasteiger partial charge in [0.15, 0.2) is 0 Å². The Kier molecular flexibility index (Phi) is 1.94. The number of fused-ring (bicyclic) bond motifs is 1. The van der Waals surface area contributed by atoms with Crippen molar-refractivity contribution in [3.63, 3.8) is 0 Å². The lowest BCUT2D eigenvalue weighted by atomic mass is 10.2. The summed E-state index contributed by atoms with van der Waals surface area (Å²) in [7, 11) is 0. The molecule has 4 heteroatoms. The molecule has 1 aromatic rings. The molecule has 0 radical (unpaired) electrons. The molecular formula is C8H9NO2S. The van der Waals surface area contributed by atoms with Gasteiger partial charge in [-0.1, -0.05) is 0 Å². The number of pyridine rings is 1. The fourth-order valence-corrected chi connectivity index (χ4v) is 2.50. The minimum atomic E-state index is -0.0176. The van der Waals surface area contributed by atoms with Crippen LogP contribution in [0.25, 0.3) is 0 Å². The average Bonchev–Trinajstić information content (AvgIpc) is 2.49. The van der Waals surface area contributed by atoms with Crippen LogP contribution in [-0.2, 0) is 6.42 Å². The van der Waals surface area contributed by atoms with Crippen molar-refractivity contribution in [2.75, 3.05) is 6.61 Å². The third-order valence-corrected chi connectivity index (χ3v) is 3.24. The van der Waals surface area contributed by atoms with E-state index in [0.29, 0.717) is 6.42 Å². The van der Waals surface area contributed by atoms with Crippen molar-refractivity contribution < 1.29 is 5.11 Å². The summed E-state index contributed by atoms with van der Waals surface area (Å²) in [6, 6.07) is 1.89. The smallest absolute Gasteiger partial charge is 0.252 e. The maximum Gasteiger partial charge on any atom is 0.252 e. The zero-order valence-corrected chi connectivity index (χ0v) is 7.23. The molecule has 2 N–H and O–H groups in total. The van der Waals surface area contributed by atoms with Gasteiger partial charge >= 0.3 is 0 Å². The third kappa shape index (κ3) is 1.17. The number of thioether (sulfide) groups is 1. The van der Waals surface area contributed by atoms with E-state index in [1.807, 2.05) is 6.07 Å². The lowest BCUT2D eigenvalue weighted by Crippen LogP contribution is -2.13. The molecule has 2 rings (SSSR count). The van der Waals surface area contributed by atoms with Crippen LogP contribution in [0.15, 0.2) is 22.0 Å². The summed E-state index contributed by atoms with van der Waals surface area (Å²) in [4.78, 5) is 14.9. The zero-order valence-electron chi connectivity index (χ0n) is 6.41. The van der Waals surface area contributed by atoms with Crippen LogP contribution in [0.5, 0.6) is 0 Å². The van der Waals surface area contributed by atoms with Crippen LogP contribution in [0.2, 0.25) is 0 Å². The monoisotopic (exact) mass is 183 g/mol. The molecule has 12 heavy (non-hydrogen) atoms. The van der Waals surface area contributed by atoms with Gasteiger partial charge in [-0.15, -0.1) is 11.8 Å². The molecule has 1 aromatic heterocycles. The Hall–Kier alpha value is -0.740. The highest BCUT2D eigenvalue weighted by Gasteiger charge is 2.23. The first-order chi connectivity index (χ1) is 5.81. The van der Waals surface area contributed by atoms with Gasteiger partial charge in [0, 0.05) is 21.9 Å². The van der Waals surface area contributed by atoms with Gasteiger partial charge in [-0.05, 0) is 12.5 Å². The first-order valence-corrected chi connectivity index (χ1v) is 4.67. The lowest BCUT2D eigenvalue weighted by molar-refractivity contribution is 0.295. The summed E-state index contributed by atoms with van der Waals surface area (Å²) in [6.45, 7) is 0.138. The highest BCUT2D eigenvalue weighted by molar-refractivity contribution is 8.00. The van der Waals surface area contributed by atoms with Gasteiger partial charge in [0.05, 0.1) is 6.61 Å². The van der Waals surface area contributed by atoms with Gasteiger partial charge in [-0.25, -0.2) is 0 Å². The Balaban J connectivity index is 2.42. The van der Waals surface area contributed by atoms with Crippen molar-refractivity contribution in [3.05, 3.63) is 28.2 Å². The molecule has 0 aromatic carbocycles. The van der Waals surface area contributed by atoms with Crippen molar-refractivity contribution in [2.45, 2.75) is 16.6 Å². The van der Waals surface area contributed by atoms with Gasteiger partial charge in [0.25, 0.3) is 5.56 Å². The second-order valence-electron chi connectivity index (χ2n) is 2.78. The number of aromatic nitrogens is 1. The number of rotatable bonds is 1. The minimum Gasteiger partial charge on any atom is -0.395 e. The van der Waals surface area contributed by atoms with Crippen LogP contribution < -0.4 is 5.56 Å². The van der Waals surface area contributed by atoms with E-state index >= 15 is 0 Å². The second kappa shape index (κ2) is 2.95. The van der Waals surface area contributed by atoms with E-state index in [1.54, 1.807) is 18.0 Å². The summed E-state index contributed by atoms with van der Waals surface area (Å²) in [6.07, 6.45) is 2.33. The summed E-state index contributed by atoms with van der Waals surface area (Å²) >= 11 is 1.58. The number of hydrogen-bond donors (Lipinski definition) is 2. The predicted molar refractivity (Wildman–Crippen MR) is 47.5 cm³/mol. The molecule has 0 fully saturated rings. The van der Waals surface area contributed by atoms with Gasteiger partial charge < -0.3 is 10.1 Å². The lowest BCUT2D eigenvalue weighted by Gasteiger charge is -1.99. The maximum atomic E-state index is 11.2. The highest BCUT2D eigenvalue weighted by Crippen LogP contribution is 2.33. The molecule has 0 aliphatic carbocycles. The van der Waals surface area contributed by atoms with Crippen molar-refractivity contribution in [1.82, 2.24) is 4.98 Å². The number of nitrogens with one attached hydrogen (secondary N) is 1. The topological polar surface area (TPSA) is 53.1 Å². The first kappa shape index (κ1) is 7.89. The summed E-state index contributed by atoms with van der Waals surface area (Å²) in [5.74, 6) is 0. The van der Waals surface area contributed by atoms with Crippen LogP contribution in [0.1, 0.15) is 5.56 Å². The largest absolute Gasteiger partial charge is 0.395 e. The molecule has 0 saturated heterocycles. The molecule has 1 unspecified atom stereocenters. The Morgan fingerprint density at radius 3 is 3.25 bits per heavy atom. The van der Waals surface area contributed by atoms with E-state index in [-0.39, 0.29) is 17.4 Å². The fourth-order valence-electron chi connectivity index (χ4n) is 1.35.